The van der Waals surface area contributed by atoms with Crippen molar-refractivity contribution in [1.82, 2.24) is 0 Å². The van der Waals surface area contributed by atoms with E-state index in [4.69, 9.17) is 9.16 Å². The zero-order chi connectivity index (χ0) is 20.2. The number of hydrogen-bond donors (Lipinski definition) is 0. The van der Waals surface area contributed by atoms with Crippen LogP contribution in [-0.4, -0.2) is 26.3 Å². The summed E-state index contributed by atoms with van der Waals surface area (Å²) in [5.41, 5.74) is 3.69. The van der Waals surface area contributed by atoms with Gasteiger partial charge in [-0.3, -0.25) is 4.79 Å². The lowest BCUT2D eigenvalue weighted by Gasteiger charge is -2.46. The minimum absolute atomic E-state index is 0.0256. The molecule has 0 aliphatic heterocycles. The Morgan fingerprint density at radius 2 is 1.52 bits per heavy atom. The standard InChI is InChI=1S/C23H36O3Si/c1-16(2)27(17(3)4,18(5)6)26-22-14-23(21(24)13-19(22)7)25-15-20-11-9-8-10-12-20/h8-13,16-18,22-23H,14-15H2,1-7H3/t22-,23-/m0/s1. The van der Waals surface area contributed by atoms with Crippen LogP contribution in [0.25, 0.3) is 0 Å². The van der Waals surface area contributed by atoms with Gasteiger partial charge >= 0.3 is 0 Å². The Hall–Kier alpha value is -1.23. The van der Waals surface area contributed by atoms with E-state index < -0.39 is 14.4 Å². The van der Waals surface area contributed by atoms with Crippen LogP contribution in [-0.2, 0) is 20.6 Å². The van der Waals surface area contributed by atoms with Crippen molar-refractivity contribution in [3.63, 3.8) is 0 Å². The summed E-state index contributed by atoms with van der Waals surface area (Å²) in [5.74, 6) is 0.0641. The van der Waals surface area contributed by atoms with Gasteiger partial charge in [0.2, 0.25) is 8.32 Å². The maximum Gasteiger partial charge on any atom is 0.201 e. The molecule has 0 fully saturated rings. The second-order valence-corrected chi connectivity index (χ2v) is 14.1. The van der Waals surface area contributed by atoms with Crippen LogP contribution in [0.15, 0.2) is 42.0 Å². The number of carbonyl (C=O) groups is 1. The molecule has 1 aliphatic carbocycles. The zero-order valence-corrected chi connectivity index (χ0v) is 19.0. The van der Waals surface area contributed by atoms with Gasteiger partial charge in [-0.1, -0.05) is 71.9 Å². The van der Waals surface area contributed by atoms with Crippen molar-refractivity contribution in [3.8, 4) is 0 Å². The lowest BCUT2D eigenvalue weighted by Crippen LogP contribution is -2.52. The number of hydrogen-bond acceptors (Lipinski definition) is 3. The van der Waals surface area contributed by atoms with E-state index in [1.165, 1.54) is 0 Å². The Morgan fingerprint density at radius 3 is 2.04 bits per heavy atom. The first-order chi connectivity index (χ1) is 12.7. The van der Waals surface area contributed by atoms with Crippen LogP contribution in [0.5, 0.6) is 0 Å². The summed E-state index contributed by atoms with van der Waals surface area (Å²) in [5, 5.41) is 0. The molecule has 1 aromatic rings. The number of ether oxygens (including phenoxy) is 1. The molecule has 0 bridgehead atoms. The Morgan fingerprint density at radius 1 is 0.963 bits per heavy atom. The first-order valence-electron chi connectivity index (χ1n) is 10.2. The molecular weight excluding hydrogens is 352 g/mol. The van der Waals surface area contributed by atoms with Crippen molar-refractivity contribution < 1.29 is 14.0 Å². The van der Waals surface area contributed by atoms with Crippen molar-refractivity contribution in [2.45, 2.75) is 90.3 Å². The quantitative estimate of drug-likeness (QED) is 0.508. The normalized spacial score (nSPS) is 21.3. The Kier molecular flexibility index (Phi) is 7.61. The van der Waals surface area contributed by atoms with Crippen LogP contribution in [0.2, 0.25) is 16.6 Å². The van der Waals surface area contributed by atoms with E-state index in [1.54, 1.807) is 6.08 Å². The maximum absolute atomic E-state index is 12.5. The molecule has 2 atom stereocenters. The van der Waals surface area contributed by atoms with Gasteiger partial charge in [-0.25, -0.2) is 0 Å². The highest BCUT2D eigenvalue weighted by atomic mass is 28.4. The molecule has 0 saturated heterocycles. The molecule has 0 saturated carbocycles. The summed E-state index contributed by atoms with van der Waals surface area (Å²) in [4.78, 5) is 12.5. The first-order valence-corrected chi connectivity index (χ1v) is 12.4. The lowest BCUT2D eigenvalue weighted by molar-refractivity contribution is -0.129. The van der Waals surface area contributed by atoms with Crippen molar-refractivity contribution in [3.05, 3.63) is 47.5 Å². The highest BCUT2D eigenvalue weighted by Gasteiger charge is 2.47. The summed E-state index contributed by atoms with van der Waals surface area (Å²) in [6.07, 6.45) is 1.92. The van der Waals surface area contributed by atoms with Crippen LogP contribution in [0.4, 0.5) is 0 Å². The predicted molar refractivity (Wildman–Crippen MR) is 114 cm³/mol. The number of rotatable bonds is 8. The van der Waals surface area contributed by atoms with Crippen LogP contribution in [0, 0.1) is 0 Å². The smallest absolute Gasteiger partial charge is 0.201 e. The van der Waals surface area contributed by atoms with Crippen molar-refractivity contribution in [2.75, 3.05) is 0 Å². The third-order valence-electron chi connectivity index (χ3n) is 5.97. The van der Waals surface area contributed by atoms with Gasteiger partial charge in [-0.05, 0) is 40.8 Å². The van der Waals surface area contributed by atoms with Crippen molar-refractivity contribution >= 4 is 14.1 Å². The highest BCUT2D eigenvalue weighted by molar-refractivity contribution is 6.77. The molecule has 0 unspecified atom stereocenters. The SMILES string of the molecule is CC1=CC(=O)[C@@H](OCc2ccccc2)C[C@@H]1O[Si](C(C)C)(C(C)C)C(C)C. The topological polar surface area (TPSA) is 35.5 Å². The summed E-state index contributed by atoms with van der Waals surface area (Å²) in [7, 11) is -2.00. The lowest BCUT2D eigenvalue weighted by atomic mass is 9.94. The largest absolute Gasteiger partial charge is 0.409 e. The molecule has 1 aliphatic rings. The minimum Gasteiger partial charge on any atom is -0.409 e. The average Bonchev–Trinajstić information content (AvgIpc) is 2.60. The molecule has 0 N–H and O–H groups in total. The van der Waals surface area contributed by atoms with Crippen LogP contribution >= 0.6 is 0 Å². The fourth-order valence-corrected chi connectivity index (χ4v) is 10.2. The molecule has 0 aromatic heterocycles. The van der Waals surface area contributed by atoms with Gasteiger partial charge in [0.05, 0.1) is 12.7 Å². The molecule has 2 rings (SSSR count). The van der Waals surface area contributed by atoms with Gasteiger partial charge in [0.15, 0.2) is 5.78 Å². The number of ketones is 1. The van der Waals surface area contributed by atoms with Gasteiger partial charge in [0.25, 0.3) is 0 Å². The van der Waals surface area contributed by atoms with Crippen molar-refractivity contribution in [2.24, 2.45) is 0 Å². The summed E-state index contributed by atoms with van der Waals surface area (Å²) in [6, 6.07) is 10.0. The molecular formula is C23H36O3Si. The monoisotopic (exact) mass is 388 g/mol. The zero-order valence-electron chi connectivity index (χ0n) is 18.0. The van der Waals surface area contributed by atoms with E-state index in [0.29, 0.717) is 29.7 Å². The molecule has 0 spiro atoms. The Bertz CT molecular complexity index is 627. The minimum atomic E-state index is -2.00. The van der Waals surface area contributed by atoms with E-state index in [9.17, 15) is 4.79 Å². The third kappa shape index (κ3) is 4.98. The third-order valence-corrected chi connectivity index (χ3v) is 12.1. The number of carbonyl (C=O) groups excluding carboxylic acids is 1. The van der Waals surface area contributed by atoms with Crippen molar-refractivity contribution in [1.29, 1.82) is 0 Å². The molecule has 0 heterocycles. The molecule has 0 radical (unpaired) electrons. The molecule has 150 valence electrons. The molecule has 1 aromatic carbocycles. The molecule has 27 heavy (non-hydrogen) atoms. The van der Waals surface area contributed by atoms with E-state index in [1.807, 2.05) is 37.3 Å². The van der Waals surface area contributed by atoms with Crippen LogP contribution < -0.4 is 0 Å². The van der Waals surface area contributed by atoms with E-state index >= 15 is 0 Å². The van der Waals surface area contributed by atoms with Gasteiger partial charge in [0, 0.05) is 6.42 Å². The average molecular weight is 389 g/mol. The van der Waals surface area contributed by atoms with Gasteiger partial charge < -0.3 is 9.16 Å². The molecule has 0 amide bonds. The number of benzene rings is 1. The summed E-state index contributed by atoms with van der Waals surface area (Å²) < 4.78 is 12.9. The molecule has 3 nitrogen and oxygen atoms in total. The van der Waals surface area contributed by atoms with Gasteiger partial charge in [0.1, 0.15) is 6.10 Å². The van der Waals surface area contributed by atoms with Gasteiger partial charge in [-0.15, -0.1) is 0 Å². The first kappa shape index (κ1) is 22.1. The van der Waals surface area contributed by atoms with Gasteiger partial charge in [-0.2, -0.15) is 0 Å². The summed E-state index contributed by atoms with van der Waals surface area (Å²) >= 11 is 0. The Labute approximate surface area is 166 Å². The van der Waals surface area contributed by atoms with Crippen LogP contribution in [0.1, 0.15) is 60.5 Å². The Balaban J connectivity index is 2.16. The van der Waals surface area contributed by atoms with Crippen LogP contribution in [0.3, 0.4) is 0 Å². The van der Waals surface area contributed by atoms with E-state index in [0.717, 1.165) is 11.1 Å². The van der Waals surface area contributed by atoms with E-state index in [-0.39, 0.29) is 11.9 Å². The fraction of sp³-hybridized carbons (Fsp3) is 0.609. The second kappa shape index (κ2) is 9.31. The summed E-state index contributed by atoms with van der Waals surface area (Å²) in [6.45, 7) is 16.2. The predicted octanol–water partition coefficient (Wildman–Crippen LogP) is 6.05. The molecule has 4 heteroatoms. The highest BCUT2D eigenvalue weighted by Crippen LogP contribution is 2.44. The fourth-order valence-electron chi connectivity index (χ4n) is 4.62. The maximum atomic E-state index is 12.5. The van der Waals surface area contributed by atoms with E-state index in [2.05, 4.69) is 41.5 Å². The second-order valence-electron chi connectivity index (χ2n) is 8.74.